The lowest BCUT2D eigenvalue weighted by Crippen LogP contribution is -2.20. The van der Waals surface area contributed by atoms with E-state index in [0.29, 0.717) is 11.1 Å². The summed E-state index contributed by atoms with van der Waals surface area (Å²) in [4.78, 5) is 0. The van der Waals surface area contributed by atoms with Gasteiger partial charge in [-0.15, -0.1) is 12.4 Å². The van der Waals surface area contributed by atoms with Crippen LogP contribution in [-0.2, 0) is 0 Å². The van der Waals surface area contributed by atoms with Gasteiger partial charge in [0.05, 0.1) is 6.42 Å². The molecule has 0 amide bonds. The first-order valence-corrected chi connectivity index (χ1v) is 4.41. The van der Waals surface area contributed by atoms with Crippen molar-refractivity contribution in [2.45, 2.75) is 25.6 Å². The predicted molar refractivity (Wildman–Crippen MR) is 57.7 cm³/mol. The Kier molecular flexibility index (Phi) is 5.09. The number of phenols is 1. The molecule has 1 atom stereocenters. The number of halogens is 4. The van der Waals surface area contributed by atoms with Crippen LogP contribution in [-0.4, -0.2) is 11.3 Å². The summed E-state index contributed by atoms with van der Waals surface area (Å²) in [6, 6.07) is 3.13. The van der Waals surface area contributed by atoms with Crippen molar-refractivity contribution >= 4 is 12.4 Å². The van der Waals surface area contributed by atoms with E-state index < -0.39 is 18.6 Å². The Hall–Kier alpha value is -0.940. The third-order valence-corrected chi connectivity index (χ3v) is 2.10. The Bertz CT molecular complexity index is 354. The molecule has 0 aliphatic heterocycles. The van der Waals surface area contributed by atoms with Crippen molar-refractivity contribution in [2.75, 3.05) is 0 Å². The second-order valence-corrected chi connectivity index (χ2v) is 3.47. The highest BCUT2D eigenvalue weighted by Gasteiger charge is 2.30. The van der Waals surface area contributed by atoms with E-state index in [1.165, 1.54) is 18.2 Å². The van der Waals surface area contributed by atoms with Crippen molar-refractivity contribution in [1.82, 2.24) is 0 Å². The molecule has 0 spiro atoms. The molecule has 1 aromatic rings. The number of hydrogen-bond acceptors (Lipinski definition) is 2. The Morgan fingerprint density at radius 2 is 1.94 bits per heavy atom. The molecule has 0 saturated carbocycles. The third-order valence-electron chi connectivity index (χ3n) is 2.10. The van der Waals surface area contributed by atoms with Gasteiger partial charge >= 0.3 is 6.18 Å². The molecule has 0 aliphatic rings. The topological polar surface area (TPSA) is 46.2 Å². The minimum atomic E-state index is -4.27. The van der Waals surface area contributed by atoms with Crippen LogP contribution in [0.2, 0.25) is 0 Å². The van der Waals surface area contributed by atoms with Gasteiger partial charge in [0.15, 0.2) is 0 Å². The fourth-order valence-corrected chi connectivity index (χ4v) is 1.28. The zero-order chi connectivity index (χ0) is 11.6. The van der Waals surface area contributed by atoms with E-state index >= 15 is 0 Å². The normalized spacial score (nSPS) is 13.1. The zero-order valence-electron chi connectivity index (χ0n) is 8.58. The highest BCUT2D eigenvalue weighted by molar-refractivity contribution is 5.85. The quantitative estimate of drug-likeness (QED) is 0.853. The standard InChI is InChI=1S/C10H12F3NO.ClH/c1-6-4-7(2-3-9(6)15)8(14)5-10(11,12)13;/h2-4,8,15H,5,14H2,1H3;1H/t8-;/m0./s1. The van der Waals surface area contributed by atoms with E-state index in [0.717, 1.165) is 0 Å². The molecular formula is C10H13ClF3NO. The van der Waals surface area contributed by atoms with Crippen molar-refractivity contribution in [3.05, 3.63) is 29.3 Å². The summed E-state index contributed by atoms with van der Waals surface area (Å²) in [5.41, 5.74) is 6.29. The molecule has 6 heteroatoms. The molecule has 0 radical (unpaired) electrons. The lowest BCUT2D eigenvalue weighted by atomic mass is 10.0. The van der Waals surface area contributed by atoms with Gasteiger partial charge in [-0.05, 0) is 24.1 Å². The van der Waals surface area contributed by atoms with Crippen molar-refractivity contribution in [1.29, 1.82) is 0 Å². The molecule has 0 unspecified atom stereocenters. The van der Waals surface area contributed by atoms with Crippen LogP contribution >= 0.6 is 12.4 Å². The van der Waals surface area contributed by atoms with Crippen LogP contribution in [0, 0.1) is 6.92 Å². The van der Waals surface area contributed by atoms with Gasteiger partial charge in [0, 0.05) is 6.04 Å². The first-order chi connectivity index (χ1) is 6.79. The number of aryl methyl sites for hydroxylation is 1. The molecule has 3 N–H and O–H groups in total. The molecule has 0 aliphatic carbocycles. The maximum atomic E-state index is 12.0. The molecule has 0 aromatic heterocycles. The van der Waals surface area contributed by atoms with E-state index in [4.69, 9.17) is 5.73 Å². The summed E-state index contributed by atoms with van der Waals surface area (Å²) < 4.78 is 36.1. The van der Waals surface area contributed by atoms with Crippen molar-refractivity contribution in [3.63, 3.8) is 0 Å². The summed E-state index contributed by atoms with van der Waals surface area (Å²) in [5, 5.41) is 9.20. The molecule has 92 valence electrons. The lowest BCUT2D eigenvalue weighted by Gasteiger charge is -2.15. The minimum absolute atomic E-state index is 0. The van der Waals surface area contributed by atoms with Crippen LogP contribution in [0.5, 0.6) is 5.75 Å². The number of aromatic hydroxyl groups is 1. The van der Waals surface area contributed by atoms with Crippen LogP contribution < -0.4 is 5.73 Å². The van der Waals surface area contributed by atoms with Crippen LogP contribution in [0.15, 0.2) is 18.2 Å². The van der Waals surface area contributed by atoms with Gasteiger partial charge < -0.3 is 10.8 Å². The fraction of sp³-hybridized carbons (Fsp3) is 0.400. The molecule has 0 heterocycles. The van der Waals surface area contributed by atoms with E-state index in [2.05, 4.69) is 0 Å². The smallest absolute Gasteiger partial charge is 0.390 e. The van der Waals surface area contributed by atoms with Gasteiger partial charge in [0.25, 0.3) is 0 Å². The average Bonchev–Trinajstić information content (AvgIpc) is 2.06. The predicted octanol–water partition coefficient (Wildman–Crippen LogP) is 3.07. The van der Waals surface area contributed by atoms with Gasteiger partial charge in [-0.25, -0.2) is 0 Å². The van der Waals surface area contributed by atoms with Gasteiger partial charge in [-0.3, -0.25) is 0 Å². The number of hydrogen-bond donors (Lipinski definition) is 2. The van der Waals surface area contributed by atoms with E-state index in [9.17, 15) is 18.3 Å². The minimum Gasteiger partial charge on any atom is -0.508 e. The van der Waals surface area contributed by atoms with Crippen LogP contribution in [0.25, 0.3) is 0 Å². The van der Waals surface area contributed by atoms with E-state index in [1.54, 1.807) is 6.92 Å². The number of nitrogens with two attached hydrogens (primary N) is 1. The molecule has 16 heavy (non-hydrogen) atoms. The molecule has 1 rings (SSSR count). The summed E-state index contributed by atoms with van der Waals surface area (Å²) >= 11 is 0. The van der Waals surface area contributed by atoms with E-state index in [-0.39, 0.29) is 18.2 Å². The Morgan fingerprint density at radius 1 is 1.38 bits per heavy atom. The van der Waals surface area contributed by atoms with Crippen molar-refractivity contribution in [3.8, 4) is 5.75 Å². The Balaban J connectivity index is 0.00000225. The van der Waals surface area contributed by atoms with Gasteiger partial charge in [0.1, 0.15) is 5.75 Å². The van der Waals surface area contributed by atoms with E-state index in [1.807, 2.05) is 0 Å². The number of rotatable bonds is 2. The second kappa shape index (κ2) is 5.41. The summed E-state index contributed by atoms with van der Waals surface area (Å²) in [5.74, 6) is 0.0537. The summed E-state index contributed by atoms with van der Waals surface area (Å²) in [6.07, 6.45) is -5.33. The molecule has 2 nitrogen and oxygen atoms in total. The lowest BCUT2D eigenvalue weighted by molar-refractivity contribution is -0.138. The van der Waals surface area contributed by atoms with Crippen molar-refractivity contribution < 1.29 is 18.3 Å². The molecule has 0 saturated heterocycles. The van der Waals surface area contributed by atoms with Crippen LogP contribution in [0.1, 0.15) is 23.6 Å². The highest BCUT2D eigenvalue weighted by Crippen LogP contribution is 2.29. The molecule has 0 fully saturated rings. The first kappa shape index (κ1) is 15.1. The highest BCUT2D eigenvalue weighted by atomic mass is 35.5. The number of alkyl halides is 3. The number of phenolic OH excluding ortho intramolecular Hbond substituents is 1. The number of benzene rings is 1. The Labute approximate surface area is 97.7 Å². The monoisotopic (exact) mass is 255 g/mol. The molecule has 0 bridgehead atoms. The van der Waals surface area contributed by atoms with Gasteiger partial charge in [0.2, 0.25) is 0 Å². The largest absolute Gasteiger partial charge is 0.508 e. The summed E-state index contributed by atoms with van der Waals surface area (Å²) in [7, 11) is 0. The van der Waals surface area contributed by atoms with Crippen LogP contribution in [0.4, 0.5) is 13.2 Å². The first-order valence-electron chi connectivity index (χ1n) is 4.41. The fourth-order valence-electron chi connectivity index (χ4n) is 1.28. The maximum absolute atomic E-state index is 12.0. The third kappa shape index (κ3) is 4.28. The van der Waals surface area contributed by atoms with Crippen molar-refractivity contribution in [2.24, 2.45) is 5.73 Å². The summed E-state index contributed by atoms with van der Waals surface area (Å²) in [6.45, 7) is 1.61. The SMILES string of the molecule is Cc1cc([C@@H](N)CC(F)(F)F)ccc1O.Cl. The Morgan fingerprint density at radius 3 is 2.38 bits per heavy atom. The van der Waals surface area contributed by atoms with Gasteiger partial charge in [-0.1, -0.05) is 12.1 Å². The maximum Gasteiger partial charge on any atom is 0.390 e. The molecule has 1 aromatic carbocycles. The molecular weight excluding hydrogens is 243 g/mol. The average molecular weight is 256 g/mol. The zero-order valence-corrected chi connectivity index (χ0v) is 9.40. The second-order valence-electron chi connectivity index (χ2n) is 3.47. The van der Waals surface area contributed by atoms with Crippen LogP contribution in [0.3, 0.4) is 0 Å². The van der Waals surface area contributed by atoms with Gasteiger partial charge in [-0.2, -0.15) is 13.2 Å².